The van der Waals surface area contributed by atoms with Crippen molar-refractivity contribution in [2.24, 2.45) is 0 Å². The molecule has 4 rings (SSSR count). The summed E-state index contributed by atoms with van der Waals surface area (Å²) in [5.41, 5.74) is 0.822. The first-order chi connectivity index (χ1) is 14.8. The molecule has 1 aromatic carbocycles. The minimum atomic E-state index is -0.608. The number of fused-ring (bicyclic) bond motifs is 1. The molecule has 11 heteroatoms. The monoisotopic (exact) mass is 477 g/mol. The number of aromatic nitrogens is 2. The molecule has 1 aliphatic heterocycles. The van der Waals surface area contributed by atoms with Crippen LogP contribution in [0.1, 0.15) is 30.7 Å². The van der Waals surface area contributed by atoms with Crippen LogP contribution in [0.25, 0.3) is 0 Å². The zero-order valence-corrected chi connectivity index (χ0v) is 18.6. The molecule has 0 unspecified atom stereocenters. The average Bonchev–Trinajstić information content (AvgIpc) is 3.14. The SMILES string of the molecule is CN1CCc2nc(C(=O)Nc3c(O)cc(Cl)cc3C(=O)Nc3ccc(Cl)cn3)sc2C1. The van der Waals surface area contributed by atoms with Gasteiger partial charge in [-0.25, -0.2) is 9.97 Å². The second kappa shape index (κ2) is 8.80. The number of hydrogen-bond donors (Lipinski definition) is 3. The summed E-state index contributed by atoms with van der Waals surface area (Å²) in [6.45, 7) is 1.60. The van der Waals surface area contributed by atoms with Crippen molar-refractivity contribution in [3.05, 3.63) is 61.6 Å². The number of benzene rings is 1. The lowest BCUT2D eigenvalue weighted by molar-refractivity contribution is 0.102. The molecule has 2 amide bonds. The fourth-order valence-corrected chi connectivity index (χ4v) is 4.53. The zero-order chi connectivity index (χ0) is 22.1. The van der Waals surface area contributed by atoms with Gasteiger partial charge >= 0.3 is 0 Å². The van der Waals surface area contributed by atoms with E-state index in [1.165, 1.54) is 35.7 Å². The Kier molecular flexibility index (Phi) is 6.10. The first kappa shape index (κ1) is 21.5. The van der Waals surface area contributed by atoms with Gasteiger partial charge in [0.15, 0.2) is 5.01 Å². The van der Waals surface area contributed by atoms with Crippen LogP contribution >= 0.6 is 34.5 Å². The van der Waals surface area contributed by atoms with Crippen molar-refractivity contribution in [2.45, 2.75) is 13.0 Å². The molecule has 0 atom stereocenters. The molecule has 0 saturated heterocycles. The van der Waals surface area contributed by atoms with Crippen molar-refractivity contribution < 1.29 is 14.7 Å². The van der Waals surface area contributed by atoms with Crippen LogP contribution in [0.5, 0.6) is 5.75 Å². The first-order valence-electron chi connectivity index (χ1n) is 9.24. The van der Waals surface area contributed by atoms with E-state index >= 15 is 0 Å². The second-order valence-electron chi connectivity index (χ2n) is 6.99. The van der Waals surface area contributed by atoms with Crippen molar-refractivity contribution in [3.63, 3.8) is 0 Å². The van der Waals surface area contributed by atoms with E-state index in [1.807, 2.05) is 7.05 Å². The van der Waals surface area contributed by atoms with Crippen molar-refractivity contribution in [3.8, 4) is 5.75 Å². The Bertz CT molecular complexity index is 1170. The summed E-state index contributed by atoms with van der Waals surface area (Å²) in [6.07, 6.45) is 2.15. The molecule has 0 spiro atoms. The summed E-state index contributed by atoms with van der Waals surface area (Å²) >= 11 is 13.1. The van der Waals surface area contributed by atoms with Gasteiger partial charge in [0.2, 0.25) is 0 Å². The molecule has 0 fully saturated rings. The Morgan fingerprint density at radius 1 is 1.16 bits per heavy atom. The number of carbonyl (C=O) groups is 2. The maximum absolute atomic E-state index is 12.8. The Morgan fingerprint density at radius 2 is 1.97 bits per heavy atom. The predicted molar refractivity (Wildman–Crippen MR) is 120 cm³/mol. The van der Waals surface area contributed by atoms with Crippen LogP contribution in [0.4, 0.5) is 11.5 Å². The molecule has 0 radical (unpaired) electrons. The van der Waals surface area contributed by atoms with Crippen LogP contribution in [0.15, 0.2) is 30.5 Å². The Morgan fingerprint density at radius 3 is 2.71 bits per heavy atom. The number of phenolic OH excluding ortho intramolecular Hbond substituents is 1. The normalized spacial score (nSPS) is 13.5. The number of thiazole rings is 1. The fourth-order valence-electron chi connectivity index (χ4n) is 3.12. The highest BCUT2D eigenvalue weighted by Gasteiger charge is 2.24. The number of phenols is 1. The summed E-state index contributed by atoms with van der Waals surface area (Å²) in [5, 5.41) is 16.4. The van der Waals surface area contributed by atoms with E-state index in [2.05, 4.69) is 25.5 Å². The molecule has 0 saturated carbocycles. The molecule has 2 aromatic heterocycles. The maximum Gasteiger partial charge on any atom is 0.284 e. The number of amides is 2. The molecular weight excluding hydrogens is 461 g/mol. The Hall–Kier alpha value is -2.72. The van der Waals surface area contributed by atoms with Crippen LogP contribution < -0.4 is 10.6 Å². The number of halogens is 2. The van der Waals surface area contributed by atoms with E-state index < -0.39 is 11.8 Å². The smallest absolute Gasteiger partial charge is 0.284 e. The zero-order valence-electron chi connectivity index (χ0n) is 16.3. The summed E-state index contributed by atoms with van der Waals surface area (Å²) in [6, 6.07) is 5.70. The minimum absolute atomic E-state index is 0.0175. The van der Waals surface area contributed by atoms with E-state index in [0.717, 1.165) is 30.1 Å². The molecule has 3 N–H and O–H groups in total. The molecule has 31 heavy (non-hydrogen) atoms. The van der Waals surface area contributed by atoms with E-state index in [-0.39, 0.29) is 32.8 Å². The van der Waals surface area contributed by atoms with Crippen LogP contribution in [-0.4, -0.2) is 45.4 Å². The largest absolute Gasteiger partial charge is 0.506 e. The highest BCUT2D eigenvalue weighted by atomic mass is 35.5. The van der Waals surface area contributed by atoms with Gasteiger partial charge in [-0.1, -0.05) is 23.2 Å². The highest BCUT2D eigenvalue weighted by Crippen LogP contribution is 2.33. The van der Waals surface area contributed by atoms with Crippen molar-refractivity contribution in [1.82, 2.24) is 14.9 Å². The molecule has 0 bridgehead atoms. The van der Waals surface area contributed by atoms with E-state index in [0.29, 0.717) is 5.02 Å². The number of anilines is 2. The molecule has 3 aromatic rings. The third-order valence-corrected chi connectivity index (χ3v) is 6.17. The number of aromatic hydroxyl groups is 1. The lowest BCUT2D eigenvalue weighted by Crippen LogP contribution is -2.25. The summed E-state index contributed by atoms with van der Waals surface area (Å²) in [4.78, 5) is 37.3. The molecule has 3 heterocycles. The van der Waals surface area contributed by atoms with Gasteiger partial charge in [0.05, 0.1) is 22.0 Å². The van der Waals surface area contributed by atoms with Gasteiger partial charge in [0.1, 0.15) is 11.6 Å². The molecular formula is C20H17Cl2N5O3S. The molecule has 160 valence electrons. The number of rotatable bonds is 4. The van der Waals surface area contributed by atoms with Crippen LogP contribution in [0.3, 0.4) is 0 Å². The van der Waals surface area contributed by atoms with Gasteiger partial charge in [-0.2, -0.15) is 0 Å². The predicted octanol–water partition coefficient (Wildman–Crippen LogP) is 4.04. The van der Waals surface area contributed by atoms with Gasteiger partial charge in [-0.15, -0.1) is 11.3 Å². The van der Waals surface area contributed by atoms with Gasteiger partial charge in [-0.05, 0) is 25.2 Å². The summed E-state index contributed by atoms with van der Waals surface area (Å²) in [5.74, 6) is -1.21. The van der Waals surface area contributed by atoms with E-state index in [4.69, 9.17) is 23.2 Å². The average molecular weight is 478 g/mol. The third kappa shape index (κ3) is 4.80. The van der Waals surface area contributed by atoms with Gasteiger partial charge in [0, 0.05) is 41.7 Å². The maximum atomic E-state index is 12.8. The lowest BCUT2D eigenvalue weighted by atomic mass is 10.1. The van der Waals surface area contributed by atoms with Gasteiger partial charge < -0.3 is 20.6 Å². The van der Waals surface area contributed by atoms with E-state index in [9.17, 15) is 14.7 Å². The number of hydrogen-bond acceptors (Lipinski definition) is 7. The van der Waals surface area contributed by atoms with Crippen molar-refractivity contribution >= 4 is 57.9 Å². The number of likely N-dealkylation sites (N-methyl/N-ethyl adjacent to an activating group) is 1. The van der Waals surface area contributed by atoms with Crippen LogP contribution in [0, 0.1) is 0 Å². The fraction of sp³-hybridized carbons (Fsp3) is 0.200. The van der Waals surface area contributed by atoms with Gasteiger partial charge in [-0.3, -0.25) is 9.59 Å². The van der Waals surface area contributed by atoms with Crippen molar-refractivity contribution in [1.29, 1.82) is 0 Å². The number of nitrogens with zero attached hydrogens (tertiary/aromatic N) is 3. The van der Waals surface area contributed by atoms with Crippen molar-refractivity contribution in [2.75, 3.05) is 24.2 Å². The highest BCUT2D eigenvalue weighted by molar-refractivity contribution is 7.13. The summed E-state index contributed by atoms with van der Waals surface area (Å²) in [7, 11) is 2.01. The topological polar surface area (TPSA) is 107 Å². The molecule has 0 aliphatic carbocycles. The molecule has 1 aliphatic rings. The quantitative estimate of drug-likeness (QED) is 0.489. The lowest BCUT2D eigenvalue weighted by Gasteiger charge is -2.20. The minimum Gasteiger partial charge on any atom is -0.506 e. The van der Waals surface area contributed by atoms with Crippen LogP contribution in [-0.2, 0) is 13.0 Å². The van der Waals surface area contributed by atoms with Crippen LogP contribution in [0.2, 0.25) is 10.0 Å². The Balaban J connectivity index is 1.60. The third-order valence-electron chi connectivity index (χ3n) is 4.65. The number of carbonyl (C=O) groups excluding carboxylic acids is 2. The van der Waals surface area contributed by atoms with E-state index in [1.54, 1.807) is 6.07 Å². The number of pyridine rings is 1. The first-order valence-corrected chi connectivity index (χ1v) is 10.8. The Labute approximate surface area is 191 Å². The summed E-state index contributed by atoms with van der Waals surface area (Å²) < 4.78 is 0. The van der Waals surface area contributed by atoms with Gasteiger partial charge in [0.25, 0.3) is 11.8 Å². The standard InChI is InChI=1S/C20H17Cl2N5O3S/c1-27-5-4-13-15(9-27)31-20(24-13)19(30)26-17-12(6-11(22)7-14(17)28)18(29)25-16-3-2-10(21)8-23-16/h2-3,6-8,28H,4-5,9H2,1H3,(H,26,30)(H,23,25,29). The number of nitrogens with one attached hydrogen (secondary N) is 2. The molecule has 8 nitrogen and oxygen atoms in total. The second-order valence-corrected chi connectivity index (χ2v) is 8.95.